The number of aliphatic hydroxyl groups excluding tert-OH is 1. The maximum atomic E-state index is 9.10. The van der Waals surface area contributed by atoms with Crippen molar-refractivity contribution in [1.82, 2.24) is 0 Å². The van der Waals surface area contributed by atoms with Gasteiger partial charge in [-0.1, -0.05) is 39.0 Å². The molecular formula is C10H23NO. The predicted octanol–water partition coefficient (Wildman–Crippen LogP) is 2.06. The number of rotatable bonds is 7. The van der Waals surface area contributed by atoms with Crippen LogP contribution in [0.1, 0.15) is 52.4 Å². The van der Waals surface area contributed by atoms with Gasteiger partial charge < -0.3 is 10.8 Å². The fourth-order valence-corrected chi connectivity index (χ4v) is 1.22. The Hall–Kier alpha value is -0.0800. The molecule has 0 fully saturated rings. The summed E-state index contributed by atoms with van der Waals surface area (Å²) in [4.78, 5) is 0. The summed E-state index contributed by atoms with van der Waals surface area (Å²) in [5.41, 5.74) is 5.68. The van der Waals surface area contributed by atoms with Crippen LogP contribution in [0.5, 0.6) is 0 Å². The van der Waals surface area contributed by atoms with Gasteiger partial charge in [-0.2, -0.15) is 0 Å². The van der Waals surface area contributed by atoms with Crippen molar-refractivity contribution in [3.05, 3.63) is 0 Å². The SMILES string of the molecule is CCCCCCCC(N)C(C)O. The molecule has 74 valence electrons. The summed E-state index contributed by atoms with van der Waals surface area (Å²) < 4.78 is 0. The second-order valence-corrected chi connectivity index (χ2v) is 3.61. The Labute approximate surface area is 76.2 Å². The zero-order chi connectivity index (χ0) is 9.40. The van der Waals surface area contributed by atoms with E-state index in [1.54, 1.807) is 6.92 Å². The Morgan fingerprint density at radius 2 is 1.75 bits per heavy atom. The van der Waals surface area contributed by atoms with Gasteiger partial charge in [-0.3, -0.25) is 0 Å². The molecule has 0 radical (unpaired) electrons. The minimum absolute atomic E-state index is 0.0216. The molecular weight excluding hydrogens is 150 g/mol. The van der Waals surface area contributed by atoms with Crippen molar-refractivity contribution in [3.63, 3.8) is 0 Å². The van der Waals surface area contributed by atoms with Crippen LogP contribution < -0.4 is 5.73 Å². The third-order valence-electron chi connectivity index (χ3n) is 2.26. The molecule has 2 heteroatoms. The average Bonchev–Trinajstić information content (AvgIpc) is 2.03. The first kappa shape index (κ1) is 11.9. The molecule has 0 bridgehead atoms. The lowest BCUT2D eigenvalue weighted by Crippen LogP contribution is -2.31. The summed E-state index contributed by atoms with van der Waals surface area (Å²) in [5.74, 6) is 0. The van der Waals surface area contributed by atoms with Gasteiger partial charge in [0.15, 0.2) is 0 Å². The van der Waals surface area contributed by atoms with Gasteiger partial charge in [0.25, 0.3) is 0 Å². The van der Waals surface area contributed by atoms with E-state index in [4.69, 9.17) is 10.8 Å². The van der Waals surface area contributed by atoms with Crippen LogP contribution in [0, 0.1) is 0 Å². The van der Waals surface area contributed by atoms with E-state index in [-0.39, 0.29) is 12.1 Å². The van der Waals surface area contributed by atoms with Gasteiger partial charge in [-0.25, -0.2) is 0 Å². The summed E-state index contributed by atoms with van der Waals surface area (Å²) in [6.07, 6.45) is 6.94. The summed E-state index contributed by atoms with van der Waals surface area (Å²) in [6.45, 7) is 3.97. The zero-order valence-corrected chi connectivity index (χ0v) is 8.42. The third kappa shape index (κ3) is 6.62. The van der Waals surface area contributed by atoms with Crippen molar-refractivity contribution < 1.29 is 5.11 Å². The summed E-state index contributed by atoms with van der Waals surface area (Å²) in [5, 5.41) is 9.10. The lowest BCUT2D eigenvalue weighted by Gasteiger charge is -2.13. The van der Waals surface area contributed by atoms with Crippen molar-refractivity contribution in [1.29, 1.82) is 0 Å². The Balaban J connectivity index is 3.08. The van der Waals surface area contributed by atoms with Crippen LogP contribution >= 0.6 is 0 Å². The highest BCUT2D eigenvalue weighted by Gasteiger charge is 2.07. The van der Waals surface area contributed by atoms with E-state index in [0.717, 1.165) is 12.8 Å². The molecule has 2 unspecified atom stereocenters. The van der Waals surface area contributed by atoms with Crippen molar-refractivity contribution in [2.45, 2.75) is 64.5 Å². The molecule has 0 aromatic rings. The van der Waals surface area contributed by atoms with Crippen molar-refractivity contribution >= 4 is 0 Å². The molecule has 0 saturated carbocycles. The van der Waals surface area contributed by atoms with Gasteiger partial charge >= 0.3 is 0 Å². The van der Waals surface area contributed by atoms with Crippen LogP contribution in [0.15, 0.2) is 0 Å². The van der Waals surface area contributed by atoms with Crippen molar-refractivity contribution in [2.75, 3.05) is 0 Å². The van der Waals surface area contributed by atoms with Gasteiger partial charge in [0.2, 0.25) is 0 Å². The van der Waals surface area contributed by atoms with Crippen LogP contribution in [-0.2, 0) is 0 Å². The van der Waals surface area contributed by atoms with Crippen LogP contribution in [0.4, 0.5) is 0 Å². The van der Waals surface area contributed by atoms with Crippen molar-refractivity contribution in [2.24, 2.45) is 5.73 Å². The lowest BCUT2D eigenvalue weighted by molar-refractivity contribution is 0.157. The molecule has 0 aromatic carbocycles. The Bertz CT molecular complexity index is 93.8. The Morgan fingerprint density at radius 1 is 1.17 bits per heavy atom. The van der Waals surface area contributed by atoms with E-state index < -0.39 is 0 Å². The fourth-order valence-electron chi connectivity index (χ4n) is 1.22. The minimum atomic E-state index is -0.351. The van der Waals surface area contributed by atoms with E-state index in [2.05, 4.69) is 6.92 Å². The largest absolute Gasteiger partial charge is 0.392 e. The van der Waals surface area contributed by atoms with Gasteiger partial charge in [0, 0.05) is 6.04 Å². The van der Waals surface area contributed by atoms with E-state index in [1.165, 1.54) is 25.7 Å². The van der Waals surface area contributed by atoms with Gasteiger partial charge in [-0.05, 0) is 13.3 Å². The number of nitrogens with two attached hydrogens (primary N) is 1. The number of hydrogen-bond acceptors (Lipinski definition) is 2. The first-order valence-electron chi connectivity index (χ1n) is 5.12. The van der Waals surface area contributed by atoms with Crippen LogP contribution in [0.2, 0.25) is 0 Å². The molecule has 0 rings (SSSR count). The predicted molar refractivity (Wildman–Crippen MR) is 53.0 cm³/mol. The Kier molecular flexibility index (Phi) is 7.51. The second-order valence-electron chi connectivity index (χ2n) is 3.61. The number of hydrogen-bond donors (Lipinski definition) is 2. The normalized spacial score (nSPS) is 16.0. The molecule has 0 aliphatic carbocycles. The van der Waals surface area contributed by atoms with Crippen LogP contribution in [-0.4, -0.2) is 17.3 Å². The van der Waals surface area contributed by atoms with E-state index >= 15 is 0 Å². The van der Waals surface area contributed by atoms with Gasteiger partial charge in [0.05, 0.1) is 6.10 Å². The van der Waals surface area contributed by atoms with Gasteiger partial charge in [-0.15, -0.1) is 0 Å². The molecule has 0 heterocycles. The highest BCUT2D eigenvalue weighted by Crippen LogP contribution is 2.07. The molecule has 2 atom stereocenters. The van der Waals surface area contributed by atoms with E-state index in [0.29, 0.717) is 0 Å². The fraction of sp³-hybridized carbons (Fsp3) is 1.00. The summed E-state index contributed by atoms with van der Waals surface area (Å²) >= 11 is 0. The first-order chi connectivity index (χ1) is 5.68. The molecule has 2 nitrogen and oxygen atoms in total. The highest BCUT2D eigenvalue weighted by molar-refractivity contribution is 4.66. The average molecular weight is 173 g/mol. The zero-order valence-electron chi connectivity index (χ0n) is 8.42. The number of unbranched alkanes of at least 4 members (excludes halogenated alkanes) is 4. The molecule has 0 aliphatic heterocycles. The maximum absolute atomic E-state index is 9.10. The maximum Gasteiger partial charge on any atom is 0.0662 e. The topological polar surface area (TPSA) is 46.2 Å². The second kappa shape index (κ2) is 7.56. The van der Waals surface area contributed by atoms with Crippen LogP contribution in [0.3, 0.4) is 0 Å². The minimum Gasteiger partial charge on any atom is -0.392 e. The highest BCUT2D eigenvalue weighted by atomic mass is 16.3. The van der Waals surface area contributed by atoms with Gasteiger partial charge in [0.1, 0.15) is 0 Å². The first-order valence-corrected chi connectivity index (χ1v) is 5.12. The molecule has 12 heavy (non-hydrogen) atoms. The summed E-state index contributed by atoms with van der Waals surface area (Å²) in [7, 11) is 0. The molecule has 0 spiro atoms. The number of aliphatic hydroxyl groups is 1. The summed E-state index contributed by atoms with van der Waals surface area (Å²) in [6, 6.07) is -0.0216. The Morgan fingerprint density at radius 3 is 2.25 bits per heavy atom. The quantitative estimate of drug-likeness (QED) is 0.579. The third-order valence-corrected chi connectivity index (χ3v) is 2.26. The monoisotopic (exact) mass is 173 g/mol. The van der Waals surface area contributed by atoms with E-state index in [1.807, 2.05) is 0 Å². The molecule has 0 saturated heterocycles. The lowest BCUT2D eigenvalue weighted by atomic mass is 10.0. The van der Waals surface area contributed by atoms with E-state index in [9.17, 15) is 0 Å². The van der Waals surface area contributed by atoms with Crippen molar-refractivity contribution in [3.8, 4) is 0 Å². The molecule has 3 N–H and O–H groups in total. The molecule has 0 aliphatic rings. The standard InChI is InChI=1S/C10H23NO/c1-3-4-5-6-7-8-10(11)9(2)12/h9-10,12H,3-8,11H2,1-2H3. The van der Waals surface area contributed by atoms with Crippen LogP contribution in [0.25, 0.3) is 0 Å². The molecule has 0 amide bonds. The molecule has 0 aromatic heterocycles. The smallest absolute Gasteiger partial charge is 0.0662 e.